The zero-order chi connectivity index (χ0) is 21.1. The predicted octanol–water partition coefficient (Wildman–Crippen LogP) is 4.47. The molecule has 0 fully saturated rings. The van der Waals surface area contributed by atoms with Crippen LogP contribution in [0, 0.1) is 10.1 Å². The van der Waals surface area contributed by atoms with E-state index in [1.165, 1.54) is 17.7 Å². The van der Waals surface area contributed by atoms with E-state index in [2.05, 4.69) is 4.98 Å². The summed E-state index contributed by atoms with van der Waals surface area (Å²) >= 11 is 0. The van der Waals surface area contributed by atoms with E-state index >= 15 is 0 Å². The highest BCUT2D eigenvalue weighted by atomic mass is 16.6. The molecule has 1 heterocycles. The first-order chi connectivity index (χ1) is 14.6. The van der Waals surface area contributed by atoms with Gasteiger partial charge in [-0.1, -0.05) is 36.4 Å². The number of nitrogens with zero attached hydrogens (tertiary/aromatic N) is 3. The number of hydrogen-bond donors (Lipinski definition) is 0. The van der Waals surface area contributed by atoms with Crippen LogP contribution in [0.25, 0.3) is 28.7 Å². The summed E-state index contributed by atoms with van der Waals surface area (Å²) in [5.74, 6) is 0.846. The lowest BCUT2D eigenvalue weighted by atomic mass is 10.1. The van der Waals surface area contributed by atoms with Crippen LogP contribution in [0.2, 0.25) is 0 Å². The van der Waals surface area contributed by atoms with Crippen molar-refractivity contribution in [2.24, 2.45) is 0 Å². The maximum absolute atomic E-state index is 13.3. The van der Waals surface area contributed by atoms with Gasteiger partial charge < -0.3 is 4.74 Å². The van der Waals surface area contributed by atoms with Gasteiger partial charge in [0, 0.05) is 6.07 Å². The molecule has 0 spiro atoms. The Morgan fingerprint density at radius 2 is 1.67 bits per heavy atom. The van der Waals surface area contributed by atoms with Crippen molar-refractivity contribution in [3.05, 3.63) is 105 Å². The van der Waals surface area contributed by atoms with E-state index < -0.39 is 4.92 Å². The van der Waals surface area contributed by atoms with Crippen molar-refractivity contribution in [1.82, 2.24) is 9.55 Å². The second-order valence-electron chi connectivity index (χ2n) is 6.45. The molecule has 0 saturated carbocycles. The summed E-state index contributed by atoms with van der Waals surface area (Å²) < 4.78 is 6.89. The molecule has 30 heavy (non-hydrogen) atoms. The van der Waals surface area contributed by atoms with Crippen LogP contribution in [0.4, 0.5) is 5.69 Å². The van der Waals surface area contributed by atoms with Gasteiger partial charge in [-0.15, -0.1) is 0 Å². The lowest BCUT2D eigenvalue weighted by molar-refractivity contribution is -0.385. The van der Waals surface area contributed by atoms with E-state index in [1.807, 2.05) is 6.07 Å². The van der Waals surface area contributed by atoms with Gasteiger partial charge >= 0.3 is 0 Å². The van der Waals surface area contributed by atoms with Gasteiger partial charge in [0.05, 0.1) is 34.2 Å². The number of fused-ring (bicyclic) bond motifs is 1. The number of benzene rings is 3. The van der Waals surface area contributed by atoms with Gasteiger partial charge in [-0.05, 0) is 42.5 Å². The number of ether oxygens (including phenoxy) is 1. The summed E-state index contributed by atoms with van der Waals surface area (Å²) in [7, 11) is 1.53. The highest BCUT2D eigenvalue weighted by Crippen LogP contribution is 2.25. The Bertz CT molecular complexity index is 1340. The predicted molar refractivity (Wildman–Crippen MR) is 116 cm³/mol. The Hall–Kier alpha value is -4.26. The molecule has 0 aliphatic carbocycles. The molecule has 0 bridgehead atoms. The molecule has 0 saturated heterocycles. The molecule has 3 aromatic carbocycles. The third kappa shape index (κ3) is 3.44. The average Bonchev–Trinajstić information content (AvgIpc) is 2.78. The van der Waals surface area contributed by atoms with Crippen LogP contribution >= 0.6 is 0 Å². The Kier molecular flexibility index (Phi) is 5.09. The molecule has 0 N–H and O–H groups in total. The van der Waals surface area contributed by atoms with E-state index in [0.717, 1.165) is 0 Å². The molecule has 7 heteroatoms. The monoisotopic (exact) mass is 399 g/mol. The van der Waals surface area contributed by atoms with Gasteiger partial charge in [-0.3, -0.25) is 19.5 Å². The smallest absolute Gasteiger partial charge is 0.276 e. The highest BCUT2D eigenvalue weighted by Gasteiger charge is 2.15. The Labute approximate surface area is 171 Å². The Balaban J connectivity index is 1.98. The highest BCUT2D eigenvalue weighted by molar-refractivity contribution is 5.81. The standard InChI is InChI=1S/C23H17N3O4/c1-30-21-13-7-6-12-20(21)25-22(24-18-10-4-3-9-17(18)23(25)27)15-14-16-8-2-5-11-19(16)26(28)29/h2-15H,1H3/b15-14-. The average molecular weight is 399 g/mol. The van der Waals surface area contributed by atoms with Crippen molar-refractivity contribution in [2.75, 3.05) is 7.11 Å². The summed E-state index contributed by atoms with van der Waals surface area (Å²) in [6, 6.07) is 20.6. The fourth-order valence-corrected chi connectivity index (χ4v) is 3.27. The summed E-state index contributed by atoms with van der Waals surface area (Å²) in [6.45, 7) is 0. The molecular formula is C23H17N3O4. The normalized spacial score (nSPS) is 11.1. The first kappa shape index (κ1) is 19.1. The van der Waals surface area contributed by atoms with Crippen molar-refractivity contribution in [1.29, 1.82) is 0 Å². The van der Waals surface area contributed by atoms with E-state index in [1.54, 1.807) is 72.8 Å². The Morgan fingerprint density at radius 1 is 0.967 bits per heavy atom. The van der Waals surface area contributed by atoms with Crippen LogP contribution < -0.4 is 10.3 Å². The SMILES string of the molecule is COc1ccccc1-n1c(/C=C\c2ccccc2[N+](=O)[O-])nc2ccccc2c1=O. The number of aromatic nitrogens is 2. The molecule has 1 aromatic heterocycles. The number of hydrogen-bond acceptors (Lipinski definition) is 5. The second kappa shape index (κ2) is 8.00. The minimum atomic E-state index is -0.444. The van der Waals surface area contributed by atoms with Crippen molar-refractivity contribution < 1.29 is 9.66 Å². The van der Waals surface area contributed by atoms with Crippen LogP contribution in [0.5, 0.6) is 5.75 Å². The number of methoxy groups -OCH3 is 1. The minimum Gasteiger partial charge on any atom is -0.495 e. The summed E-state index contributed by atoms with van der Waals surface area (Å²) in [6.07, 6.45) is 3.18. The minimum absolute atomic E-state index is 0.0271. The largest absolute Gasteiger partial charge is 0.495 e. The lowest BCUT2D eigenvalue weighted by Crippen LogP contribution is -2.22. The Morgan fingerprint density at radius 3 is 2.47 bits per heavy atom. The third-order valence-corrected chi connectivity index (χ3v) is 4.67. The van der Waals surface area contributed by atoms with Gasteiger partial charge in [0.25, 0.3) is 11.2 Å². The molecule has 7 nitrogen and oxygen atoms in total. The van der Waals surface area contributed by atoms with Crippen LogP contribution in [-0.4, -0.2) is 21.6 Å². The third-order valence-electron chi connectivity index (χ3n) is 4.67. The van der Waals surface area contributed by atoms with Gasteiger partial charge in [0.15, 0.2) is 0 Å². The molecule has 4 rings (SSSR count). The van der Waals surface area contributed by atoms with Crippen LogP contribution in [0.1, 0.15) is 11.4 Å². The summed E-state index contributed by atoms with van der Waals surface area (Å²) in [4.78, 5) is 28.8. The number of nitro benzene ring substituents is 1. The van der Waals surface area contributed by atoms with Crippen LogP contribution in [-0.2, 0) is 0 Å². The van der Waals surface area contributed by atoms with Crippen LogP contribution in [0.3, 0.4) is 0 Å². The summed E-state index contributed by atoms with van der Waals surface area (Å²) in [5, 5.41) is 11.8. The van der Waals surface area contributed by atoms with Crippen molar-refractivity contribution in [3.63, 3.8) is 0 Å². The second-order valence-corrected chi connectivity index (χ2v) is 6.45. The number of nitro groups is 1. The van der Waals surface area contributed by atoms with Gasteiger partial charge in [0.2, 0.25) is 0 Å². The molecular weight excluding hydrogens is 382 g/mol. The first-order valence-electron chi connectivity index (χ1n) is 9.17. The zero-order valence-corrected chi connectivity index (χ0v) is 16.1. The quantitative estimate of drug-likeness (QED) is 0.365. The van der Waals surface area contributed by atoms with E-state index in [-0.39, 0.29) is 11.2 Å². The number of rotatable bonds is 5. The first-order valence-corrected chi connectivity index (χ1v) is 9.17. The molecule has 4 aromatic rings. The molecule has 0 radical (unpaired) electrons. The van der Waals surface area contributed by atoms with Gasteiger partial charge in [-0.25, -0.2) is 4.98 Å². The van der Waals surface area contributed by atoms with Crippen molar-refractivity contribution in [2.45, 2.75) is 0 Å². The molecule has 0 unspecified atom stereocenters. The van der Waals surface area contributed by atoms with Crippen molar-refractivity contribution >= 4 is 28.7 Å². The van der Waals surface area contributed by atoms with E-state index in [9.17, 15) is 14.9 Å². The molecule has 0 aliphatic heterocycles. The molecule has 148 valence electrons. The molecule has 0 amide bonds. The van der Waals surface area contributed by atoms with Gasteiger partial charge in [-0.2, -0.15) is 0 Å². The van der Waals surface area contributed by atoms with Crippen LogP contribution in [0.15, 0.2) is 77.6 Å². The number of para-hydroxylation sites is 4. The lowest BCUT2D eigenvalue weighted by Gasteiger charge is -2.14. The fourth-order valence-electron chi connectivity index (χ4n) is 3.27. The molecule has 0 atom stereocenters. The summed E-state index contributed by atoms with van der Waals surface area (Å²) in [5.41, 5.74) is 1.20. The fraction of sp³-hybridized carbons (Fsp3) is 0.0435. The van der Waals surface area contributed by atoms with Crippen molar-refractivity contribution in [3.8, 4) is 11.4 Å². The van der Waals surface area contributed by atoms with E-state index in [4.69, 9.17) is 4.74 Å². The topological polar surface area (TPSA) is 87.3 Å². The maximum Gasteiger partial charge on any atom is 0.276 e. The zero-order valence-electron chi connectivity index (χ0n) is 16.1. The van der Waals surface area contributed by atoms with E-state index in [0.29, 0.717) is 33.7 Å². The maximum atomic E-state index is 13.3. The molecule has 0 aliphatic rings. The van der Waals surface area contributed by atoms with Gasteiger partial charge in [0.1, 0.15) is 11.6 Å².